The molecule has 7 N–H and O–H groups in total. The molecule has 1 fully saturated rings. The summed E-state index contributed by atoms with van der Waals surface area (Å²) in [4.78, 5) is 52.1. The largest absolute Gasteiger partial charge is 0.508 e. The quantitative estimate of drug-likeness (QED) is 0.145. The van der Waals surface area contributed by atoms with Crippen LogP contribution in [0, 0.1) is 0 Å². The SMILES string of the molecule is CC(C)c1cc(-c2n[nH]c(=O)n2-c2ccc(N3CCN(C(=O)c4ccc(C=Cc5c[nH]c6nc(N)[nH]c(=O)c56)cc4)CC3)cc2)c(O)cc1O. The number of carbonyl (C=O) groups excluding carboxylic acids is 1. The Morgan fingerprint density at radius 1 is 0.920 bits per heavy atom. The van der Waals surface area contributed by atoms with Crippen LogP contribution in [-0.4, -0.2) is 76.9 Å². The van der Waals surface area contributed by atoms with E-state index in [2.05, 4.69) is 30.0 Å². The number of piperazine rings is 1. The van der Waals surface area contributed by atoms with E-state index in [-0.39, 0.29) is 40.7 Å². The highest BCUT2D eigenvalue weighted by Crippen LogP contribution is 2.37. The lowest BCUT2D eigenvalue weighted by molar-refractivity contribution is 0.0746. The van der Waals surface area contributed by atoms with Crippen LogP contribution in [0.4, 0.5) is 11.6 Å². The molecular weight excluding hydrogens is 638 g/mol. The maximum Gasteiger partial charge on any atom is 0.348 e. The zero-order valence-corrected chi connectivity index (χ0v) is 27.3. The van der Waals surface area contributed by atoms with Crippen molar-refractivity contribution in [3.05, 3.63) is 110 Å². The number of nitrogens with zero attached hydrogens (tertiary/aromatic N) is 5. The van der Waals surface area contributed by atoms with Gasteiger partial charge in [-0.3, -0.25) is 14.6 Å². The van der Waals surface area contributed by atoms with Gasteiger partial charge in [0.25, 0.3) is 11.5 Å². The number of aromatic nitrogens is 6. The van der Waals surface area contributed by atoms with Crippen molar-refractivity contribution in [2.45, 2.75) is 19.8 Å². The minimum Gasteiger partial charge on any atom is -0.508 e. The Kier molecular flexibility index (Phi) is 8.19. The summed E-state index contributed by atoms with van der Waals surface area (Å²) in [6, 6.07) is 17.7. The molecule has 1 amide bonds. The molecule has 1 aliphatic heterocycles. The smallest absolute Gasteiger partial charge is 0.348 e. The zero-order valence-electron chi connectivity index (χ0n) is 27.3. The van der Waals surface area contributed by atoms with E-state index in [1.165, 1.54) is 10.6 Å². The molecule has 3 aromatic carbocycles. The number of aromatic hydroxyl groups is 2. The van der Waals surface area contributed by atoms with E-state index in [9.17, 15) is 24.6 Å². The van der Waals surface area contributed by atoms with Crippen molar-refractivity contribution in [3.8, 4) is 28.6 Å². The number of rotatable bonds is 7. The number of hydrogen-bond acceptors (Lipinski definition) is 9. The lowest BCUT2D eigenvalue weighted by Crippen LogP contribution is -2.48. The van der Waals surface area contributed by atoms with Crippen LogP contribution in [0.1, 0.15) is 46.8 Å². The second-order valence-corrected chi connectivity index (χ2v) is 12.4. The Labute approximate surface area is 285 Å². The van der Waals surface area contributed by atoms with Gasteiger partial charge in [-0.1, -0.05) is 38.1 Å². The summed E-state index contributed by atoms with van der Waals surface area (Å²) in [5.41, 5.74) is 9.85. The standard InChI is InChI=1S/C36H35N9O5/c1-20(2)26-17-27(29(47)18-28(26)46)32-41-42-36(50)45(32)25-11-9-24(10-12-25)43-13-15-44(16-14-43)34(49)22-6-3-21(4-7-22)5-8-23-19-38-31-30(23)33(48)40-35(37)39-31/h3-12,17-20,46-47H,13-16H2,1-2H3,(H,42,50)(H4,37,38,39,40,48). The van der Waals surface area contributed by atoms with E-state index in [1.807, 2.05) is 67.3 Å². The number of phenols is 2. The molecule has 50 heavy (non-hydrogen) atoms. The third kappa shape index (κ3) is 5.98. The van der Waals surface area contributed by atoms with Crippen molar-refractivity contribution in [1.29, 1.82) is 0 Å². The van der Waals surface area contributed by atoms with Gasteiger partial charge in [0.2, 0.25) is 5.95 Å². The molecule has 0 saturated carbocycles. The van der Waals surface area contributed by atoms with Gasteiger partial charge in [-0.2, -0.15) is 10.1 Å². The van der Waals surface area contributed by atoms with Crippen LogP contribution in [0.5, 0.6) is 11.5 Å². The number of benzene rings is 3. The Morgan fingerprint density at radius 3 is 2.32 bits per heavy atom. The summed E-state index contributed by atoms with van der Waals surface area (Å²) in [5, 5.41) is 27.9. The summed E-state index contributed by atoms with van der Waals surface area (Å²) in [6.45, 7) is 6.19. The third-order valence-corrected chi connectivity index (χ3v) is 8.92. The Balaban J connectivity index is 0.999. The molecule has 0 spiro atoms. The molecule has 0 bridgehead atoms. The van der Waals surface area contributed by atoms with Gasteiger partial charge >= 0.3 is 5.69 Å². The maximum atomic E-state index is 13.3. The average Bonchev–Trinajstić information content (AvgIpc) is 3.70. The average molecular weight is 674 g/mol. The summed E-state index contributed by atoms with van der Waals surface area (Å²) in [6.07, 6.45) is 5.36. The second-order valence-electron chi connectivity index (χ2n) is 12.4. The monoisotopic (exact) mass is 673 g/mol. The number of nitrogens with two attached hydrogens (primary N) is 1. The van der Waals surface area contributed by atoms with Crippen molar-refractivity contribution in [3.63, 3.8) is 0 Å². The highest BCUT2D eigenvalue weighted by atomic mass is 16.3. The van der Waals surface area contributed by atoms with E-state index in [4.69, 9.17) is 5.73 Å². The zero-order chi connectivity index (χ0) is 35.1. The van der Waals surface area contributed by atoms with Gasteiger partial charge in [-0.15, -0.1) is 0 Å². The van der Waals surface area contributed by atoms with Crippen molar-refractivity contribution in [1.82, 2.24) is 34.6 Å². The molecule has 4 heterocycles. The van der Waals surface area contributed by atoms with Crippen LogP contribution < -0.4 is 21.9 Å². The number of H-pyrrole nitrogens is 3. The molecule has 7 rings (SSSR count). The molecule has 254 valence electrons. The van der Waals surface area contributed by atoms with Crippen LogP contribution in [0.3, 0.4) is 0 Å². The van der Waals surface area contributed by atoms with E-state index in [0.717, 1.165) is 11.3 Å². The highest BCUT2D eigenvalue weighted by molar-refractivity contribution is 5.95. The van der Waals surface area contributed by atoms with Gasteiger partial charge < -0.3 is 30.7 Å². The lowest BCUT2D eigenvalue weighted by atomic mass is 9.98. The first kappa shape index (κ1) is 32.0. The molecule has 0 unspecified atom stereocenters. The van der Waals surface area contributed by atoms with E-state index in [1.54, 1.807) is 24.4 Å². The molecule has 14 nitrogen and oxygen atoms in total. The molecule has 1 aliphatic rings. The van der Waals surface area contributed by atoms with Crippen molar-refractivity contribution < 1.29 is 15.0 Å². The van der Waals surface area contributed by atoms with Crippen molar-refractivity contribution in [2.24, 2.45) is 0 Å². The number of amides is 1. The predicted molar refractivity (Wildman–Crippen MR) is 192 cm³/mol. The first-order chi connectivity index (χ1) is 24.1. The van der Waals surface area contributed by atoms with E-state index in [0.29, 0.717) is 65.2 Å². The Bertz CT molecular complexity index is 2360. The Hall–Kier alpha value is -6.57. The molecule has 6 aromatic rings. The van der Waals surface area contributed by atoms with Gasteiger partial charge in [0.05, 0.1) is 16.6 Å². The number of nitrogens with one attached hydrogen (secondary N) is 3. The predicted octanol–water partition coefficient (Wildman–Crippen LogP) is 4.04. The lowest BCUT2D eigenvalue weighted by Gasteiger charge is -2.36. The fourth-order valence-corrected chi connectivity index (χ4v) is 6.25. The summed E-state index contributed by atoms with van der Waals surface area (Å²) in [7, 11) is 0. The fourth-order valence-electron chi connectivity index (χ4n) is 6.25. The molecule has 14 heteroatoms. The topological polar surface area (TPSA) is 202 Å². The fraction of sp³-hybridized carbons (Fsp3) is 0.194. The first-order valence-electron chi connectivity index (χ1n) is 16.1. The van der Waals surface area contributed by atoms with E-state index < -0.39 is 5.69 Å². The number of phenolic OH excluding ortho intramolecular Hbond substituents is 2. The van der Waals surface area contributed by atoms with Gasteiger partial charge in [-0.05, 0) is 59.5 Å². The van der Waals surface area contributed by atoms with Crippen molar-refractivity contribution in [2.75, 3.05) is 36.8 Å². The number of aromatic amines is 3. The molecule has 0 aliphatic carbocycles. The van der Waals surface area contributed by atoms with Gasteiger partial charge in [-0.25, -0.2) is 14.5 Å². The summed E-state index contributed by atoms with van der Waals surface area (Å²) < 4.78 is 1.38. The van der Waals surface area contributed by atoms with Crippen molar-refractivity contribution >= 4 is 40.7 Å². The normalized spacial score (nSPS) is 13.6. The van der Waals surface area contributed by atoms with Crippen LogP contribution in [0.2, 0.25) is 0 Å². The number of carbonyl (C=O) groups is 1. The molecule has 0 atom stereocenters. The molecule has 3 aromatic heterocycles. The highest BCUT2D eigenvalue weighted by Gasteiger charge is 2.23. The maximum absolute atomic E-state index is 13.3. The van der Waals surface area contributed by atoms with Crippen LogP contribution in [0.25, 0.3) is 40.3 Å². The number of hydrogen-bond donors (Lipinski definition) is 6. The molecular formula is C36H35N9O5. The number of anilines is 2. The molecule has 1 saturated heterocycles. The summed E-state index contributed by atoms with van der Waals surface area (Å²) >= 11 is 0. The first-order valence-corrected chi connectivity index (χ1v) is 16.1. The minimum absolute atomic E-state index is 0.0108. The molecule has 0 radical (unpaired) electrons. The minimum atomic E-state index is -0.461. The van der Waals surface area contributed by atoms with Gasteiger partial charge in [0.1, 0.15) is 17.1 Å². The number of fused-ring (bicyclic) bond motifs is 1. The van der Waals surface area contributed by atoms with E-state index >= 15 is 0 Å². The Morgan fingerprint density at radius 2 is 1.62 bits per heavy atom. The second kappa shape index (κ2) is 12.8. The van der Waals surface area contributed by atoms with Gasteiger partial charge in [0.15, 0.2) is 5.82 Å². The van der Waals surface area contributed by atoms with Crippen LogP contribution >= 0.6 is 0 Å². The summed E-state index contributed by atoms with van der Waals surface area (Å²) in [5.74, 6) is 0.00862. The van der Waals surface area contributed by atoms with Crippen LogP contribution in [-0.2, 0) is 0 Å². The third-order valence-electron chi connectivity index (χ3n) is 8.92. The number of nitrogen functional groups attached to an aromatic ring is 1. The van der Waals surface area contributed by atoms with Gasteiger partial charge in [0, 0.05) is 55.3 Å². The van der Waals surface area contributed by atoms with Crippen LogP contribution in [0.15, 0.2) is 76.4 Å².